The van der Waals surface area contributed by atoms with Crippen molar-refractivity contribution >= 4 is 17.4 Å². The van der Waals surface area contributed by atoms with E-state index < -0.39 is 0 Å². The Hall–Kier alpha value is -1.55. The van der Waals surface area contributed by atoms with Crippen LogP contribution in [0, 0.1) is 5.82 Å². The highest BCUT2D eigenvalue weighted by Crippen LogP contribution is 2.33. The van der Waals surface area contributed by atoms with Crippen molar-refractivity contribution < 1.29 is 4.39 Å². The maximum absolute atomic E-state index is 13.6. The largest absolute Gasteiger partial charge is 0.383 e. The highest BCUT2D eigenvalue weighted by atomic mass is 35.5. The van der Waals surface area contributed by atoms with Crippen molar-refractivity contribution in [1.29, 1.82) is 0 Å². The number of aromatic nitrogens is 2. The van der Waals surface area contributed by atoms with E-state index >= 15 is 0 Å². The molecule has 1 aromatic heterocycles. The van der Waals surface area contributed by atoms with Crippen LogP contribution >= 0.6 is 11.6 Å². The van der Waals surface area contributed by atoms with Gasteiger partial charge < -0.3 is 10.3 Å². The minimum Gasteiger partial charge on any atom is -0.383 e. The summed E-state index contributed by atoms with van der Waals surface area (Å²) >= 11 is 5.93. The van der Waals surface area contributed by atoms with Gasteiger partial charge in [0.05, 0.1) is 0 Å². The first kappa shape index (κ1) is 15.8. The molecule has 1 aromatic carbocycles. The maximum Gasteiger partial charge on any atom is 0.131 e. The SMILES string of the molecule is CCCn1c(C(C)(C)C)nc(-c2cc(F)cc(Cl)c2)c1N. The summed E-state index contributed by atoms with van der Waals surface area (Å²) in [6.45, 7) is 9.13. The average molecular weight is 310 g/mol. The highest BCUT2D eigenvalue weighted by Gasteiger charge is 2.25. The van der Waals surface area contributed by atoms with Crippen molar-refractivity contribution in [1.82, 2.24) is 9.55 Å². The van der Waals surface area contributed by atoms with Gasteiger partial charge in [-0.3, -0.25) is 0 Å². The average Bonchev–Trinajstić information content (AvgIpc) is 2.66. The molecule has 0 bridgehead atoms. The van der Waals surface area contributed by atoms with E-state index in [2.05, 4.69) is 32.7 Å². The molecule has 21 heavy (non-hydrogen) atoms. The van der Waals surface area contributed by atoms with Gasteiger partial charge in [0.2, 0.25) is 0 Å². The minimum absolute atomic E-state index is 0.140. The Morgan fingerprint density at radius 1 is 1.29 bits per heavy atom. The summed E-state index contributed by atoms with van der Waals surface area (Å²) in [5.41, 5.74) is 7.32. The molecule has 0 unspecified atom stereocenters. The van der Waals surface area contributed by atoms with Crippen LogP contribution in [-0.4, -0.2) is 9.55 Å². The van der Waals surface area contributed by atoms with E-state index in [4.69, 9.17) is 17.3 Å². The lowest BCUT2D eigenvalue weighted by atomic mass is 9.95. The van der Waals surface area contributed by atoms with Crippen molar-refractivity contribution in [3.63, 3.8) is 0 Å². The fourth-order valence-electron chi connectivity index (χ4n) is 2.39. The van der Waals surface area contributed by atoms with Crippen molar-refractivity contribution in [2.24, 2.45) is 0 Å². The quantitative estimate of drug-likeness (QED) is 0.898. The second-order valence-corrected chi connectivity index (χ2v) is 6.67. The Balaban J connectivity index is 2.64. The van der Waals surface area contributed by atoms with E-state index in [9.17, 15) is 4.39 Å². The van der Waals surface area contributed by atoms with Gasteiger partial charge >= 0.3 is 0 Å². The molecule has 0 amide bonds. The van der Waals surface area contributed by atoms with Crippen LogP contribution in [0.5, 0.6) is 0 Å². The molecule has 5 heteroatoms. The molecule has 0 fully saturated rings. The number of nitrogen functional groups attached to an aromatic ring is 1. The summed E-state index contributed by atoms with van der Waals surface area (Å²) < 4.78 is 15.6. The number of anilines is 1. The Kier molecular flexibility index (Phi) is 4.28. The predicted molar refractivity (Wildman–Crippen MR) is 86.0 cm³/mol. The molecular formula is C16H21ClFN3. The van der Waals surface area contributed by atoms with Gasteiger partial charge in [-0.25, -0.2) is 9.37 Å². The van der Waals surface area contributed by atoms with E-state index in [-0.39, 0.29) is 11.2 Å². The number of halogens is 2. The smallest absolute Gasteiger partial charge is 0.131 e. The Morgan fingerprint density at radius 2 is 1.95 bits per heavy atom. The summed E-state index contributed by atoms with van der Waals surface area (Å²) in [5, 5.41) is 0.340. The van der Waals surface area contributed by atoms with Crippen LogP contribution in [0.1, 0.15) is 39.9 Å². The second kappa shape index (κ2) is 5.68. The number of nitrogens with two attached hydrogens (primary N) is 1. The van der Waals surface area contributed by atoms with Crippen LogP contribution < -0.4 is 5.73 Å². The van der Waals surface area contributed by atoms with E-state index in [1.807, 2.05) is 4.57 Å². The molecule has 0 radical (unpaired) electrons. The molecule has 0 saturated carbocycles. The summed E-state index contributed by atoms with van der Waals surface area (Å²) in [6, 6.07) is 4.37. The van der Waals surface area contributed by atoms with Crippen LogP contribution in [-0.2, 0) is 12.0 Å². The van der Waals surface area contributed by atoms with Gasteiger partial charge in [-0.2, -0.15) is 0 Å². The van der Waals surface area contributed by atoms with Crippen molar-refractivity contribution in [2.75, 3.05) is 5.73 Å². The summed E-state index contributed by atoms with van der Waals surface area (Å²) in [4.78, 5) is 4.66. The zero-order valence-corrected chi connectivity index (χ0v) is 13.6. The van der Waals surface area contributed by atoms with Crippen LogP contribution in [0.4, 0.5) is 10.2 Å². The molecule has 0 atom stereocenters. The molecule has 0 spiro atoms. The molecule has 114 valence electrons. The van der Waals surface area contributed by atoms with Crippen LogP contribution in [0.25, 0.3) is 11.3 Å². The summed E-state index contributed by atoms with van der Waals surface area (Å²) in [7, 11) is 0. The van der Waals surface area contributed by atoms with E-state index in [1.54, 1.807) is 6.07 Å². The first-order chi connectivity index (χ1) is 9.74. The van der Waals surface area contributed by atoms with Gasteiger partial charge in [0.1, 0.15) is 23.2 Å². The lowest BCUT2D eigenvalue weighted by Gasteiger charge is -2.19. The number of hydrogen-bond acceptors (Lipinski definition) is 2. The van der Waals surface area contributed by atoms with Crippen molar-refractivity contribution in [3.05, 3.63) is 34.9 Å². The fraction of sp³-hybridized carbons (Fsp3) is 0.438. The third-order valence-electron chi connectivity index (χ3n) is 3.26. The first-order valence-electron chi connectivity index (χ1n) is 7.07. The molecule has 2 N–H and O–H groups in total. The van der Waals surface area contributed by atoms with E-state index in [0.717, 1.165) is 18.8 Å². The van der Waals surface area contributed by atoms with Gasteiger partial charge in [0.15, 0.2) is 0 Å². The molecule has 2 rings (SSSR count). The number of benzene rings is 1. The normalized spacial score (nSPS) is 11.9. The topological polar surface area (TPSA) is 43.8 Å². The molecule has 2 aromatic rings. The number of imidazole rings is 1. The van der Waals surface area contributed by atoms with Gasteiger partial charge in [-0.05, 0) is 24.6 Å². The van der Waals surface area contributed by atoms with Crippen LogP contribution in [0.2, 0.25) is 5.02 Å². The molecule has 0 saturated heterocycles. The van der Waals surface area contributed by atoms with Gasteiger partial charge in [0.25, 0.3) is 0 Å². The Labute approximate surface area is 129 Å². The molecular weight excluding hydrogens is 289 g/mol. The number of nitrogens with zero attached hydrogens (tertiary/aromatic N) is 2. The van der Waals surface area contributed by atoms with E-state index in [0.29, 0.717) is 22.1 Å². The zero-order valence-electron chi connectivity index (χ0n) is 12.9. The maximum atomic E-state index is 13.6. The fourth-order valence-corrected chi connectivity index (χ4v) is 2.61. The van der Waals surface area contributed by atoms with Crippen molar-refractivity contribution in [2.45, 2.75) is 46.1 Å². The molecule has 0 aliphatic heterocycles. The Bertz CT molecular complexity index is 636. The third kappa shape index (κ3) is 3.21. The van der Waals surface area contributed by atoms with E-state index in [1.165, 1.54) is 12.1 Å². The minimum atomic E-state index is -0.390. The van der Waals surface area contributed by atoms with Crippen LogP contribution in [0.15, 0.2) is 18.2 Å². The monoisotopic (exact) mass is 309 g/mol. The lowest BCUT2D eigenvalue weighted by Crippen LogP contribution is -2.19. The predicted octanol–water partition coefficient (Wildman–Crippen LogP) is 4.63. The lowest BCUT2D eigenvalue weighted by molar-refractivity contribution is 0.498. The molecule has 0 aliphatic carbocycles. The standard InChI is InChI=1S/C16H21ClFN3/c1-5-6-21-14(19)13(20-15(21)16(2,3)4)10-7-11(17)9-12(18)8-10/h7-9H,5-6,19H2,1-4H3. The highest BCUT2D eigenvalue weighted by molar-refractivity contribution is 6.30. The van der Waals surface area contributed by atoms with Gasteiger partial charge in [-0.1, -0.05) is 39.3 Å². The first-order valence-corrected chi connectivity index (χ1v) is 7.44. The summed E-state index contributed by atoms with van der Waals surface area (Å²) in [6.07, 6.45) is 0.951. The molecule has 3 nitrogen and oxygen atoms in total. The van der Waals surface area contributed by atoms with Crippen LogP contribution in [0.3, 0.4) is 0 Å². The Morgan fingerprint density at radius 3 is 2.48 bits per heavy atom. The molecule has 0 aliphatic rings. The third-order valence-corrected chi connectivity index (χ3v) is 3.48. The van der Waals surface area contributed by atoms with Gasteiger partial charge in [0, 0.05) is 22.5 Å². The second-order valence-electron chi connectivity index (χ2n) is 6.23. The van der Waals surface area contributed by atoms with Gasteiger partial charge in [-0.15, -0.1) is 0 Å². The summed E-state index contributed by atoms with van der Waals surface area (Å²) in [5.74, 6) is 1.07. The number of hydrogen-bond donors (Lipinski definition) is 1. The zero-order chi connectivity index (χ0) is 15.8. The van der Waals surface area contributed by atoms with Crippen molar-refractivity contribution in [3.8, 4) is 11.3 Å². The molecule has 1 heterocycles. The number of rotatable bonds is 3.